The zero-order valence-electron chi connectivity index (χ0n) is 18.0. The molecule has 1 heterocycles. The van der Waals surface area contributed by atoms with Gasteiger partial charge in [-0.3, -0.25) is 0 Å². The van der Waals surface area contributed by atoms with Crippen LogP contribution >= 0.6 is 0 Å². The van der Waals surface area contributed by atoms with E-state index >= 15 is 0 Å². The van der Waals surface area contributed by atoms with Crippen molar-refractivity contribution in [3.63, 3.8) is 0 Å². The molecule has 1 spiro atoms. The minimum atomic E-state index is -3.53. The summed E-state index contributed by atoms with van der Waals surface area (Å²) in [5.74, 6) is 0. The van der Waals surface area contributed by atoms with Crippen molar-refractivity contribution < 1.29 is 8.42 Å². The first kappa shape index (κ1) is 21.3. The molecule has 1 unspecified atom stereocenters. The van der Waals surface area contributed by atoms with E-state index in [1.54, 1.807) is 16.4 Å². The predicted octanol–water partition coefficient (Wildman–Crippen LogP) is 6.20. The molecule has 2 aromatic rings. The molecule has 0 aromatic heterocycles. The van der Waals surface area contributed by atoms with Gasteiger partial charge >= 0.3 is 0 Å². The van der Waals surface area contributed by atoms with Gasteiger partial charge in [-0.15, -0.1) is 0 Å². The summed E-state index contributed by atoms with van der Waals surface area (Å²) in [4.78, 5) is 0.408. The van der Waals surface area contributed by atoms with Gasteiger partial charge in [0.1, 0.15) is 0 Å². The highest BCUT2D eigenvalue weighted by molar-refractivity contribution is 7.89. The highest BCUT2D eigenvalue weighted by Crippen LogP contribution is 2.47. The Hall–Kier alpha value is -1.91. The highest BCUT2D eigenvalue weighted by Gasteiger charge is 2.41. The van der Waals surface area contributed by atoms with E-state index in [0.29, 0.717) is 16.9 Å². The van der Waals surface area contributed by atoms with Crippen molar-refractivity contribution in [1.29, 1.82) is 0 Å². The van der Waals surface area contributed by atoms with E-state index in [-0.39, 0.29) is 6.04 Å². The van der Waals surface area contributed by atoms with Crippen molar-refractivity contribution in [2.45, 2.75) is 69.2 Å². The quantitative estimate of drug-likeness (QED) is 0.587. The van der Waals surface area contributed by atoms with E-state index in [4.69, 9.17) is 0 Å². The van der Waals surface area contributed by atoms with Gasteiger partial charge in [0.15, 0.2) is 0 Å². The molecule has 3 nitrogen and oxygen atoms in total. The lowest BCUT2D eigenvalue weighted by atomic mass is 9.68. The smallest absolute Gasteiger partial charge is 0.207 e. The summed E-state index contributed by atoms with van der Waals surface area (Å²) in [5, 5.41) is 0. The zero-order chi connectivity index (χ0) is 21.0. The molecule has 2 aromatic carbocycles. The van der Waals surface area contributed by atoms with Crippen molar-refractivity contribution in [2.75, 3.05) is 6.54 Å². The van der Waals surface area contributed by atoms with E-state index in [2.05, 4.69) is 24.3 Å². The summed E-state index contributed by atoms with van der Waals surface area (Å²) in [6.07, 6.45) is 13.6. The van der Waals surface area contributed by atoms with Crippen LogP contribution in [0, 0.1) is 12.3 Å². The summed E-state index contributed by atoms with van der Waals surface area (Å²) >= 11 is 0. The number of hydrogen-bond acceptors (Lipinski definition) is 2. The van der Waals surface area contributed by atoms with E-state index in [1.165, 1.54) is 32.1 Å². The average molecular weight is 424 g/mol. The van der Waals surface area contributed by atoms with Crippen LogP contribution in [-0.4, -0.2) is 25.3 Å². The number of benzene rings is 2. The van der Waals surface area contributed by atoms with E-state index in [1.807, 2.05) is 37.3 Å². The van der Waals surface area contributed by atoms with Gasteiger partial charge in [0.25, 0.3) is 0 Å². The van der Waals surface area contributed by atoms with E-state index in [0.717, 1.165) is 30.4 Å². The minimum absolute atomic E-state index is 0.0999. The molecule has 0 amide bonds. The first-order chi connectivity index (χ1) is 14.5. The van der Waals surface area contributed by atoms with Gasteiger partial charge in [0.05, 0.1) is 4.90 Å². The van der Waals surface area contributed by atoms with Gasteiger partial charge in [-0.05, 0) is 62.1 Å². The van der Waals surface area contributed by atoms with Gasteiger partial charge in [-0.25, -0.2) is 8.42 Å². The zero-order valence-corrected chi connectivity index (χ0v) is 18.8. The Morgan fingerprint density at radius 3 is 2.27 bits per heavy atom. The van der Waals surface area contributed by atoms with Crippen LogP contribution in [0.25, 0.3) is 6.08 Å². The van der Waals surface area contributed by atoms with Crippen molar-refractivity contribution >= 4 is 16.1 Å². The molecule has 2 fully saturated rings. The van der Waals surface area contributed by atoms with Gasteiger partial charge in [0.2, 0.25) is 10.0 Å². The third-order valence-electron chi connectivity index (χ3n) is 6.95. The molecule has 0 bridgehead atoms. The molecule has 1 saturated carbocycles. The fourth-order valence-corrected chi connectivity index (χ4v) is 6.90. The Labute approximate surface area is 181 Å². The molecular weight excluding hydrogens is 390 g/mol. The molecule has 0 radical (unpaired) electrons. The van der Waals surface area contributed by atoms with Crippen LogP contribution in [0.1, 0.15) is 62.5 Å². The molecule has 4 heteroatoms. The van der Waals surface area contributed by atoms with Crippen molar-refractivity contribution in [3.8, 4) is 0 Å². The van der Waals surface area contributed by atoms with Crippen molar-refractivity contribution in [1.82, 2.24) is 4.31 Å². The average Bonchev–Trinajstić information content (AvgIpc) is 2.93. The normalized spacial score (nSPS) is 22.9. The molecule has 1 atom stereocenters. The minimum Gasteiger partial charge on any atom is -0.207 e. The summed E-state index contributed by atoms with van der Waals surface area (Å²) < 4.78 is 29.1. The second kappa shape index (κ2) is 9.07. The molecule has 0 N–H and O–H groups in total. The van der Waals surface area contributed by atoms with Gasteiger partial charge < -0.3 is 0 Å². The lowest BCUT2D eigenvalue weighted by Crippen LogP contribution is -2.40. The Bertz CT molecular complexity index is 958. The van der Waals surface area contributed by atoms with Gasteiger partial charge in [-0.1, -0.05) is 79.4 Å². The second-order valence-corrected chi connectivity index (χ2v) is 11.0. The monoisotopic (exact) mass is 423 g/mol. The number of hydrogen-bond donors (Lipinski definition) is 0. The fraction of sp³-hybridized carbons (Fsp3) is 0.462. The lowest BCUT2D eigenvalue weighted by molar-refractivity contribution is 0.152. The first-order valence-electron chi connectivity index (χ1n) is 11.3. The number of nitrogens with zero attached hydrogens (tertiary/aromatic N) is 1. The topological polar surface area (TPSA) is 37.4 Å². The van der Waals surface area contributed by atoms with Crippen molar-refractivity contribution in [2.24, 2.45) is 5.41 Å². The Balaban J connectivity index is 1.69. The van der Waals surface area contributed by atoms with Crippen LogP contribution in [0.15, 0.2) is 65.6 Å². The van der Waals surface area contributed by atoms with Crippen LogP contribution in [0.2, 0.25) is 0 Å². The van der Waals surface area contributed by atoms with Crippen LogP contribution in [0.5, 0.6) is 0 Å². The molecule has 4 rings (SSSR count). The standard InChI is InChI=1S/C26H33NO2S/c1-22-11-15-25(16-12-22)30(28,29)27-20-8-19-26(17-6-3-7-18-26)21-24(27)14-13-23-9-4-2-5-10-23/h2,4-5,9-16,24H,3,6-8,17-21H2,1H3/b14-13+. The largest absolute Gasteiger partial charge is 0.243 e. The SMILES string of the molecule is Cc1ccc(S(=O)(=O)N2CCCC3(CCCCC3)CC2/C=C/c2ccccc2)cc1. The van der Waals surface area contributed by atoms with Crippen LogP contribution in [0.4, 0.5) is 0 Å². The molecule has 1 saturated heterocycles. The molecular formula is C26H33NO2S. The van der Waals surface area contributed by atoms with Crippen molar-refractivity contribution in [3.05, 3.63) is 71.8 Å². The first-order valence-corrected chi connectivity index (χ1v) is 12.7. The summed E-state index contributed by atoms with van der Waals surface area (Å²) in [7, 11) is -3.53. The van der Waals surface area contributed by atoms with Crippen LogP contribution < -0.4 is 0 Å². The summed E-state index contributed by atoms with van der Waals surface area (Å²) in [6.45, 7) is 2.59. The molecule has 30 heavy (non-hydrogen) atoms. The Kier molecular flexibility index (Phi) is 6.45. The third kappa shape index (κ3) is 4.70. The van der Waals surface area contributed by atoms with Gasteiger partial charge in [0, 0.05) is 12.6 Å². The number of rotatable bonds is 4. The number of aryl methyl sites for hydroxylation is 1. The second-order valence-electron chi connectivity index (χ2n) is 9.13. The van der Waals surface area contributed by atoms with Crippen LogP contribution in [-0.2, 0) is 10.0 Å². The van der Waals surface area contributed by atoms with Gasteiger partial charge in [-0.2, -0.15) is 4.31 Å². The fourth-order valence-electron chi connectivity index (χ4n) is 5.27. The molecule has 1 aliphatic heterocycles. The van der Waals surface area contributed by atoms with E-state index < -0.39 is 10.0 Å². The van der Waals surface area contributed by atoms with Crippen LogP contribution in [0.3, 0.4) is 0 Å². The summed E-state index contributed by atoms with van der Waals surface area (Å²) in [5.41, 5.74) is 2.49. The maximum atomic E-state index is 13.6. The Morgan fingerprint density at radius 1 is 0.900 bits per heavy atom. The third-order valence-corrected chi connectivity index (χ3v) is 8.89. The predicted molar refractivity (Wildman–Crippen MR) is 124 cm³/mol. The molecule has 2 aliphatic rings. The maximum Gasteiger partial charge on any atom is 0.243 e. The van der Waals surface area contributed by atoms with E-state index in [9.17, 15) is 8.42 Å². The molecule has 1 aliphatic carbocycles. The number of sulfonamides is 1. The lowest BCUT2D eigenvalue weighted by Gasteiger charge is -2.39. The highest BCUT2D eigenvalue weighted by atomic mass is 32.2. The Morgan fingerprint density at radius 2 is 1.57 bits per heavy atom. The summed E-state index contributed by atoms with van der Waals surface area (Å²) in [6, 6.07) is 17.4. The molecule has 160 valence electrons. The maximum absolute atomic E-state index is 13.6.